The zero-order valence-electron chi connectivity index (χ0n) is 12.3. The van der Waals surface area contributed by atoms with Gasteiger partial charge in [-0.1, -0.05) is 30.3 Å². The molecule has 110 valence electrons. The largest absolute Gasteiger partial charge is 0.442 e. The molecule has 0 radical (unpaired) electrons. The molecular weight excluding hydrogens is 258 g/mol. The molecule has 20 heavy (non-hydrogen) atoms. The molecule has 2 N–H and O–H groups in total. The number of urea groups is 1. The lowest BCUT2D eigenvalue weighted by Crippen LogP contribution is -2.51. The standard InChI is InChI=1S/C14H21N3O3/c1-14(2,3)20-13(19)17(15-4)12(18)16-10-11-8-6-5-7-9-11/h5-9,15H,10H2,1-4H3,(H,16,18). The third-order valence-corrected chi connectivity index (χ3v) is 2.29. The Morgan fingerprint density at radius 1 is 1.20 bits per heavy atom. The van der Waals surface area contributed by atoms with Gasteiger partial charge < -0.3 is 10.1 Å². The summed E-state index contributed by atoms with van der Waals surface area (Å²) in [5.74, 6) is 0. The Balaban J connectivity index is 2.57. The third-order valence-electron chi connectivity index (χ3n) is 2.29. The molecule has 6 heteroatoms. The average Bonchev–Trinajstić information content (AvgIpc) is 2.36. The zero-order valence-corrected chi connectivity index (χ0v) is 12.3. The van der Waals surface area contributed by atoms with Crippen molar-refractivity contribution >= 4 is 12.1 Å². The summed E-state index contributed by atoms with van der Waals surface area (Å²) in [4.78, 5) is 23.7. The number of rotatable bonds is 3. The molecule has 0 unspecified atom stereocenters. The molecule has 0 bridgehead atoms. The number of nitrogens with one attached hydrogen (secondary N) is 2. The molecule has 0 atom stereocenters. The van der Waals surface area contributed by atoms with Gasteiger partial charge in [0.05, 0.1) is 0 Å². The maximum absolute atomic E-state index is 11.9. The molecular formula is C14H21N3O3. The highest BCUT2D eigenvalue weighted by molar-refractivity contribution is 5.90. The van der Waals surface area contributed by atoms with Gasteiger partial charge in [-0.2, -0.15) is 5.01 Å². The normalized spacial score (nSPS) is 10.8. The number of benzene rings is 1. The highest BCUT2D eigenvalue weighted by Crippen LogP contribution is 2.09. The van der Waals surface area contributed by atoms with Gasteiger partial charge in [0.2, 0.25) is 0 Å². The van der Waals surface area contributed by atoms with Crippen molar-refractivity contribution in [2.45, 2.75) is 32.9 Å². The maximum Gasteiger partial charge on any atom is 0.433 e. The van der Waals surface area contributed by atoms with Crippen molar-refractivity contribution < 1.29 is 14.3 Å². The molecule has 0 heterocycles. The summed E-state index contributed by atoms with van der Waals surface area (Å²) in [6, 6.07) is 8.86. The predicted molar refractivity (Wildman–Crippen MR) is 75.8 cm³/mol. The van der Waals surface area contributed by atoms with E-state index in [-0.39, 0.29) is 0 Å². The van der Waals surface area contributed by atoms with Crippen molar-refractivity contribution in [1.82, 2.24) is 15.8 Å². The fourth-order valence-electron chi connectivity index (χ4n) is 1.44. The van der Waals surface area contributed by atoms with E-state index in [4.69, 9.17) is 4.74 Å². The molecule has 0 aliphatic rings. The second-order valence-electron chi connectivity index (χ2n) is 5.18. The van der Waals surface area contributed by atoms with E-state index < -0.39 is 17.7 Å². The van der Waals surface area contributed by atoms with Crippen LogP contribution in [0.3, 0.4) is 0 Å². The van der Waals surface area contributed by atoms with Crippen LogP contribution in [-0.4, -0.2) is 29.8 Å². The van der Waals surface area contributed by atoms with Gasteiger partial charge in [0.25, 0.3) is 0 Å². The first kappa shape index (κ1) is 16.0. The number of amides is 3. The lowest BCUT2D eigenvalue weighted by atomic mass is 10.2. The Morgan fingerprint density at radius 3 is 2.30 bits per heavy atom. The molecule has 0 saturated carbocycles. The predicted octanol–water partition coefficient (Wildman–Crippen LogP) is 2.27. The first-order chi connectivity index (χ1) is 9.33. The minimum Gasteiger partial charge on any atom is -0.442 e. The van der Waals surface area contributed by atoms with E-state index in [0.29, 0.717) is 6.54 Å². The fourth-order valence-corrected chi connectivity index (χ4v) is 1.44. The molecule has 0 aromatic heterocycles. The third kappa shape index (κ3) is 5.27. The minimum absolute atomic E-state index is 0.334. The van der Waals surface area contributed by atoms with Gasteiger partial charge in [0, 0.05) is 13.6 Å². The van der Waals surface area contributed by atoms with Crippen molar-refractivity contribution in [3.05, 3.63) is 35.9 Å². The van der Waals surface area contributed by atoms with Gasteiger partial charge in [-0.3, -0.25) is 0 Å². The Labute approximate surface area is 119 Å². The number of carbonyl (C=O) groups excluding carboxylic acids is 2. The first-order valence-corrected chi connectivity index (χ1v) is 6.36. The van der Waals surface area contributed by atoms with E-state index in [2.05, 4.69) is 10.7 Å². The summed E-state index contributed by atoms with van der Waals surface area (Å²) < 4.78 is 5.13. The van der Waals surface area contributed by atoms with Crippen LogP contribution in [0.2, 0.25) is 0 Å². The molecule has 0 saturated heterocycles. The number of carbonyl (C=O) groups is 2. The topological polar surface area (TPSA) is 70.7 Å². The lowest BCUT2D eigenvalue weighted by Gasteiger charge is -2.25. The number of ether oxygens (including phenoxy) is 1. The SMILES string of the molecule is CNN(C(=O)NCc1ccccc1)C(=O)OC(C)(C)C. The van der Waals surface area contributed by atoms with Crippen molar-refractivity contribution in [2.24, 2.45) is 0 Å². The number of hydrogen-bond acceptors (Lipinski definition) is 4. The molecule has 0 fully saturated rings. The summed E-state index contributed by atoms with van der Waals surface area (Å²) in [5.41, 5.74) is 2.79. The van der Waals surface area contributed by atoms with Gasteiger partial charge in [0.1, 0.15) is 5.60 Å². The molecule has 3 amide bonds. The van der Waals surface area contributed by atoms with E-state index in [1.54, 1.807) is 20.8 Å². The Kier molecular flexibility index (Phi) is 5.52. The lowest BCUT2D eigenvalue weighted by molar-refractivity contribution is 0.0252. The van der Waals surface area contributed by atoms with Crippen molar-refractivity contribution in [1.29, 1.82) is 0 Å². The second kappa shape index (κ2) is 6.91. The molecule has 1 rings (SSSR count). The van der Waals surface area contributed by atoms with Gasteiger partial charge in [-0.05, 0) is 26.3 Å². The molecule has 6 nitrogen and oxygen atoms in total. The van der Waals surface area contributed by atoms with E-state index >= 15 is 0 Å². The maximum atomic E-state index is 11.9. The molecule has 0 spiro atoms. The number of hydrogen-bond donors (Lipinski definition) is 2. The quantitative estimate of drug-likeness (QED) is 0.833. The molecule has 0 aliphatic heterocycles. The Bertz CT molecular complexity index is 454. The van der Waals surface area contributed by atoms with E-state index in [1.165, 1.54) is 7.05 Å². The van der Waals surface area contributed by atoms with Crippen LogP contribution in [0, 0.1) is 0 Å². The van der Waals surface area contributed by atoms with Crippen LogP contribution in [-0.2, 0) is 11.3 Å². The van der Waals surface area contributed by atoms with Crippen molar-refractivity contribution in [3.63, 3.8) is 0 Å². The molecule has 1 aromatic carbocycles. The van der Waals surface area contributed by atoms with E-state index in [9.17, 15) is 9.59 Å². The van der Waals surface area contributed by atoms with Gasteiger partial charge in [-0.25, -0.2) is 15.0 Å². The Morgan fingerprint density at radius 2 is 1.80 bits per heavy atom. The second-order valence-corrected chi connectivity index (χ2v) is 5.18. The summed E-state index contributed by atoms with van der Waals surface area (Å²) in [6.45, 7) is 5.54. The summed E-state index contributed by atoms with van der Waals surface area (Å²) in [6.07, 6.45) is -0.745. The summed E-state index contributed by atoms with van der Waals surface area (Å²) >= 11 is 0. The van der Waals surface area contributed by atoms with E-state index in [0.717, 1.165) is 10.6 Å². The highest BCUT2D eigenvalue weighted by Gasteiger charge is 2.26. The minimum atomic E-state index is -0.745. The van der Waals surface area contributed by atoms with Gasteiger partial charge in [-0.15, -0.1) is 0 Å². The van der Waals surface area contributed by atoms with Crippen LogP contribution < -0.4 is 10.7 Å². The molecule has 1 aromatic rings. The van der Waals surface area contributed by atoms with Crippen LogP contribution in [0.15, 0.2) is 30.3 Å². The number of hydrazine groups is 1. The summed E-state index contributed by atoms with van der Waals surface area (Å²) in [7, 11) is 1.48. The smallest absolute Gasteiger partial charge is 0.433 e. The van der Waals surface area contributed by atoms with Crippen LogP contribution in [0.25, 0.3) is 0 Å². The van der Waals surface area contributed by atoms with Crippen LogP contribution >= 0.6 is 0 Å². The molecule has 0 aliphatic carbocycles. The van der Waals surface area contributed by atoms with Gasteiger partial charge >= 0.3 is 12.1 Å². The number of nitrogens with zero attached hydrogens (tertiary/aromatic N) is 1. The highest BCUT2D eigenvalue weighted by atomic mass is 16.6. The number of imide groups is 1. The monoisotopic (exact) mass is 279 g/mol. The fraction of sp³-hybridized carbons (Fsp3) is 0.429. The van der Waals surface area contributed by atoms with Gasteiger partial charge in [0.15, 0.2) is 0 Å². The summed E-state index contributed by atoms with van der Waals surface area (Å²) in [5, 5.41) is 3.44. The zero-order chi connectivity index (χ0) is 15.2. The van der Waals surface area contributed by atoms with Crippen LogP contribution in [0.1, 0.15) is 26.3 Å². The average molecular weight is 279 g/mol. The van der Waals surface area contributed by atoms with Crippen LogP contribution in [0.4, 0.5) is 9.59 Å². The van der Waals surface area contributed by atoms with Crippen LogP contribution in [0.5, 0.6) is 0 Å². The van der Waals surface area contributed by atoms with E-state index in [1.807, 2.05) is 30.3 Å². The van der Waals surface area contributed by atoms with Crippen molar-refractivity contribution in [2.75, 3.05) is 7.05 Å². The Hall–Kier alpha value is -2.08. The van der Waals surface area contributed by atoms with Crippen molar-refractivity contribution in [3.8, 4) is 0 Å². The first-order valence-electron chi connectivity index (χ1n) is 6.36.